The number of benzene rings is 1. The molecule has 0 saturated carbocycles. The van der Waals surface area contributed by atoms with Crippen molar-refractivity contribution in [2.24, 2.45) is 0 Å². The van der Waals surface area contributed by atoms with E-state index in [0.717, 1.165) is 36.6 Å². The minimum Gasteiger partial charge on any atom is -0.316 e. The van der Waals surface area contributed by atoms with Crippen LogP contribution in [0.25, 0.3) is 0 Å². The summed E-state index contributed by atoms with van der Waals surface area (Å²) in [5.74, 6) is 1.36. The molecular formula is C18H19FN4O. The SMILES string of the molecule is Cc1nc([C@@H]2CCNC2)nc2c1CC(=O)N2Cc1ccccc1F. The number of hydrogen-bond donors (Lipinski definition) is 1. The third kappa shape index (κ3) is 2.57. The second-order valence-corrected chi connectivity index (χ2v) is 6.41. The lowest BCUT2D eigenvalue weighted by Gasteiger charge is -2.19. The van der Waals surface area contributed by atoms with Crippen molar-refractivity contribution in [2.75, 3.05) is 18.0 Å². The Hall–Kier alpha value is -2.34. The summed E-state index contributed by atoms with van der Waals surface area (Å²) in [6.45, 7) is 3.95. The van der Waals surface area contributed by atoms with Crippen molar-refractivity contribution in [1.29, 1.82) is 0 Å². The summed E-state index contributed by atoms with van der Waals surface area (Å²) in [6, 6.07) is 6.55. The van der Waals surface area contributed by atoms with Crippen molar-refractivity contribution >= 4 is 11.7 Å². The van der Waals surface area contributed by atoms with E-state index >= 15 is 0 Å². The molecule has 1 aromatic carbocycles. The second-order valence-electron chi connectivity index (χ2n) is 6.41. The van der Waals surface area contributed by atoms with Crippen LogP contribution in [0.1, 0.15) is 35.0 Å². The molecule has 0 spiro atoms. The first-order chi connectivity index (χ1) is 11.6. The molecule has 2 aromatic rings. The van der Waals surface area contributed by atoms with Gasteiger partial charge in [0.05, 0.1) is 13.0 Å². The van der Waals surface area contributed by atoms with Crippen LogP contribution in [0, 0.1) is 12.7 Å². The number of carbonyl (C=O) groups excluding carboxylic acids is 1. The van der Waals surface area contributed by atoms with Gasteiger partial charge in [0, 0.05) is 29.3 Å². The van der Waals surface area contributed by atoms with Crippen LogP contribution in [0.3, 0.4) is 0 Å². The highest BCUT2D eigenvalue weighted by Crippen LogP contribution is 2.32. The fourth-order valence-corrected chi connectivity index (χ4v) is 3.41. The summed E-state index contributed by atoms with van der Waals surface area (Å²) in [5.41, 5.74) is 2.22. The molecule has 124 valence electrons. The Morgan fingerprint density at radius 2 is 2.17 bits per heavy atom. The van der Waals surface area contributed by atoms with E-state index in [2.05, 4.69) is 15.3 Å². The maximum absolute atomic E-state index is 14.0. The predicted octanol–water partition coefficient (Wildman–Crippen LogP) is 2.09. The Morgan fingerprint density at radius 3 is 2.92 bits per heavy atom. The van der Waals surface area contributed by atoms with Gasteiger partial charge in [-0.05, 0) is 26.0 Å². The zero-order chi connectivity index (χ0) is 16.7. The van der Waals surface area contributed by atoms with E-state index in [0.29, 0.717) is 17.8 Å². The number of anilines is 1. The molecular weight excluding hydrogens is 307 g/mol. The number of aromatic nitrogens is 2. The number of aryl methyl sites for hydroxylation is 1. The maximum atomic E-state index is 14.0. The monoisotopic (exact) mass is 326 g/mol. The largest absolute Gasteiger partial charge is 0.316 e. The van der Waals surface area contributed by atoms with Gasteiger partial charge in [0.15, 0.2) is 0 Å². The number of nitrogens with one attached hydrogen (secondary N) is 1. The quantitative estimate of drug-likeness (QED) is 0.938. The summed E-state index contributed by atoms with van der Waals surface area (Å²) in [5, 5.41) is 3.32. The van der Waals surface area contributed by atoms with Gasteiger partial charge in [0.1, 0.15) is 17.5 Å². The second kappa shape index (κ2) is 5.94. The van der Waals surface area contributed by atoms with Gasteiger partial charge >= 0.3 is 0 Å². The molecule has 6 heteroatoms. The smallest absolute Gasteiger partial charge is 0.233 e. The zero-order valence-corrected chi connectivity index (χ0v) is 13.6. The molecule has 0 aliphatic carbocycles. The Morgan fingerprint density at radius 1 is 1.33 bits per heavy atom. The van der Waals surface area contributed by atoms with Crippen molar-refractivity contribution in [1.82, 2.24) is 15.3 Å². The average molecular weight is 326 g/mol. The van der Waals surface area contributed by atoms with Crippen LogP contribution in [0.15, 0.2) is 24.3 Å². The lowest BCUT2D eigenvalue weighted by atomic mass is 10.1. The number of fused-ring (bicyclic) bond motifs is 1. The van der Waals surface area contributed by atoms with Crippen LogP contribution in [0.2, 0.25) is 0 Å². The van der Waals surface area contributed by atoms with E-state index in [1.54, 1.807) is 23.1 Å². The topological polar surface area (TPSA) is 58.1 Å². The lowest BCUT2D eigenvalue weighted by Crippen LogP contribution is -2.27. The Bertz CT molecular complexity index is 802. The average Bonchev–Trinajstić information content (AvgIpc) is 3.19. The fourth-order valence-electron chi connectivity index (χ4n) is 3.41. The van der Waals surface area contributed by atoms with Crippen molar-refractivity contribution in [2.45, 2.75) is 32.2 Å². The van der Waals surface area contributed by atoms with Gasteiger partial charge in [-0.3, -0.25) is 9.69 Å². The number of rotatable bonds is 3. The molecule has 0 radical (unpaired) electrons. The molecule has 4 rings (SSSR count). The van der Waals surface area contributed by atoms with Gasteiger partial charge in [0.25, 0.3) is 0 Å². The van der Waals surface area contributed by atoms with Gasteiger partial charge in [-0.25, -0.2) is 14.4 Å². The van der Waals surface area contributed by atoms with Gasteiger partial charge < -0.3 is 5.32 Å². The number of halogens is 1. The standard InChI is InChI=1S/C18H19FN4O/c1-11-14-8-16(24)23(10-13-4-2-3-5-15(13)19)18(14)22-17(21-11)12-6-7-20-9-12/h2-5,12,20H,6-10H2,1H3/t12-/m1/s1. The summed E-state index contributed by atoms with van der Waals surface area (Å²) in [4.78, 5) is 23.3. The summed E-state index contributed by atoms with van der Waals surface area (Å²) in [6.07, 6.45) is 1.29. The van der Waals surface area contributed by atoms with Crippen molar-refractivity contribution < 1.29 is 9.18 Å². The zero-order valence-electron chi connectivity index (χ0n) is 13.6. The molecule has 5 nitrogen and oxygen atoms in total. The Labute approximate surface area is 139 Å². The van der Waals surface area contributed by atoms with E-state index in [9.17, 15) is 9.18 Å². The maximum Gasteiger partial charge on any atom is 0.233 e. The lowest BCUT2D eigenvalue weighted by molar-refractivity contribution is -0.117. The van der Waals surface area contributed by atoms with E-state index in [1.165, 1.54) is 6.07 Å². The van der Waals surface area contributed by atoms with Gasteiger partial charge in [-0.2, -0.15) is 0 Å². The molecule has 3 heterocycles. The molecule has 1 fully saturated rings. The van der Waals surface area contributed by atoms with Crippen molar-refractivity contribution in [3.63, 3.8) is 0 Å². The highest BCUT2D eigenvalue weighted by molar-refractivity contribution is 6.00. The van der Waals surface area contributed by atoms with Gasteiger partial charge in [-0.15, -0.1) is 0 Å². The van der Waals surface area contributed by atoms with E-state index in [4.69, 9.17) is 0 Å². The highest BCUT2D eigenvalue weighted by Gasteiger charge is 2.33. The molecule has 2 aliphatic heterocycles. The number of hydrogen-bond acceptors (Lipinski definition) is 4. The Balaban J connectivity index is 1.71. The minimum atomic E-state index is -0.301. The third-order valence-electron chi connectivity index (χ3n) is 4.81. The number of nitrogens with zero attached hydrogens (tertiary/aromatic N) is 3. The molecule has 1 aromatic heterocycles. The van der Waals surface area contributed by atoms with E-state index in [1.807, 2.05) is 6.92 Å². The summed E-state index contributed by atoms with van der Waals surface area (Å²) < 4.78 is 14.0. The first-order valence-corrected chi connectivity index (χ1v) is 8.25. The van der Waals surface area contributed by atoms with Crippen molar-refractivity contribution in [3.8, 4) is 0 Å². The van der Waals surface area contributed by atoms with Crippen LogP contribution in [-0.4, -0.2) is 29.0 Å². The third-order valence-corrected chi connectivity index (χ3v) is 4.81. The molecule has 1 atom stereocenters. The van der Waals surface area contributed by atoms with Crippen LogP contribution in [0.4, 0.5) is 10.2 Å². The van der Waals surface area contributed by atoms with Crippen LogP contribution in [-0.2, 0) is 17.8 Å². The van der Waals surface area contributed by atoms with Crippen LogP contribution >= 0.6 is 0 Å². The molecule has 1 saturated heterocycles. The van der Waals surface area contributed by atoms with E-state index in [-0.39, 0.29) is 24.2 Å². The number of carbonyl (C=O) groups is 1. The first kappa shape index (κ1) is 15.2. The van der Waals surface area contributed by atoms with Crippen LogP contribution in [0.5, 0.6) is 0 Å². The fraction of sp³-hybridized carbons (Fsp3) is 0.389. The molecule has 2 aliphatic rings. The highest BCUT2D eigenvalue weighted by atomic mass is 19.1. The molecule has 24 heavy (non-hydrogen) atoms. The van der Waals surface area contributed by atoms with E-state index < -0.39 is 0 Å². The normalized spacial score (nSPS) is 19.8. The number of amides is 1. The van der Waals surface area contributed by atoms with Gasteiger partial charge in [-0.1, -0.05) is 18.2 Å². The molecule has 1 amide bonds. The minimum absolute atomic E-state index is 0.0487. The first-order valence-electron chi connectivity index (χ1n) is 8.25. The Kier molecular flexibility index (Phi) is 3.76. The van der Waals surface area contributed by atoms with Crippen molar-refractivity contribution in [3.05, 3.63) is 52.7 Å². The molecule has 0 unspecified atom stereocenters. The van der Waals surface area contributed by atoms with Gasteiger partial charge in [0.2, 0.25) is 5.91 Å². The molecule has 1 N–H and O–H groups in total. The predicted molar refractivity (Wildman–Crippen MR) is 88.3 cm³/mol. The molecule has 0 bridgehead atoms. The summed E-state index contributed by atoms with van der Waals surface area (Å²) >= 11 is 0. The summed E-state index contributed by atoms with van der Waals surface area (Å²) in [7, 11) is 0. The van der Waals surface area contributed by atoms with Crippen LogP contribution < -0.4 is 10.2 Å².